The first-order valence-electron chi connectivity index (χ1n) is 10.7. The van der Waals surface area contributed by atoms with Crippen LogP contribution in [0.25, 0.3) is 0 Å². The van der Waals surface area contributed by atoms with Crippen LogP contribution in [0.15, 0.2) is 18.2 Å². The number of alkyl halides is 3. The molecule has 3 fully saturated rings. The van der Waals surface area contributed by atoms with Gasteiger partial charge in [0.1, 0.15) is 0 Å². The Morgan fingerprint density at radius 3 is 2.43 bits per heavy atom. The molecular formula is C22H29F3N2O. The maximum absolute atomic E-state index is 13.2. The Kier molecular flexibility index (Phi) is 5.57. The van der Waals surface area contributed by atoms with Crippen LogP contribution in [0, 0.1) is 17.8 Å². The van der Waals surface area contributed by atoms with E-state index in [0.29, 0.717) is 23.9 Å². The minimum absolute atomic E-state index is 0.163. The van der Waals surface area contributed by atoms with E-state index in [9.17, 15) is 18.0 Å². The molecule has 28 heavy (non-hydrogen) atoms. The summed E-state index contributed by atoms with van der Waals surface area (Å²) in [5, 5.41) is 6.17. The molecule has 3 atom stereocenters. The Morgan fingerprint density at radius 2 is 1.79 bits per heavy atom. The highest BCUT2D eigenvalue weighted by Gasteiger charge is 2.40. The monoisotopic (exact) mass is 394 g/mol. The second-order valence-corrected chi connectivity index (χ2v) is 8.92. The Bertz CT molecular complexity index is 712. The topological polar surface area (TPSA) is 41.1 Å². The van der Waals surface area contributed by atoms with Gasteiger partial charge in [0.2, 0.25) is 5.91 Å². The molecule has 3 aliphatic carbocycles. The number of fused-ring (bicyclic) bond motifs is 2. The summed E-state index contributed by atoms with van der Waals surface area (Å²) in [6, 6.07) is 3.89. The zero-order valence-electron chi connectivity index (χ0n) is 16.2. The summed E-state index contributed by atoms with van der Waals surface area (Å²) in [5.41, 5.74) is 0.131. The van der Waals surface area contributed by atoms with Crippen molar-refractivity contribution in [2.75, 3.05) is 10.6 Å². The van der Waals surface area contributed by atoms with Crippen molar-refractivity contribution in [2.24, 2.45) is 17.8 Å². The summed E-state index contributed by atoms with van der Waals surface area (Å²) in [5.74, 6) is 1.60. The van der Waals surface area contributed by atoms with Gasteiger partial charge in [0.25, 0.3) is 0 Å². The average molecular weight is 394 g/mol. The molecule has 0 saturated heterocycles. The smallest absolute Gasteiger partial charge is 0.381 e. The summed E-state index contributed by atoms with van der Waals surface area (Å²) in [7, 11) is 0. The Morgan fingerprint density at radius 1 is 1.00 bits per heavy atom. The van der Waals surface area contributed by atoms with Gasteiger partial charge in [-0.2, -0.15) is 13.2 Å². The molecule has 3 nitrogen and oxygen atoms in total. The fraction of sp³-hybridized carbons (Fsp3) is 0.682. The van der Waals surface area contributed by atoms with Crippen molar-refractivity contribution < 1.29 is 18.0 Å². The fourth-order valence-corrected chi connectivity index (χ4v) is 5.48. The number of hydrogen-bond donors (Lipinski definition) is 2. The van der Waals surface area contributed by atoms with Gasteiger partial charge in [0, 0.05) is 12.5 Å². The van der Waals surface area contributed by atoms with Crippen LogP contribution < -0.4 is 10.6 Å². The van der Waals surface area contributed by atoms with E-state index in [1.165, 1.54) is 31.7 Å². The summed E-state index contributed by atoms with van der Waals surface area (Å²) in [4.78, 5) is 12.6. The van der Waals surface area contributed by atoms with Crippen LogP contribution in [0.1, 0.15) is 69.8 Å². The number of hydrogen-bond acceptors (Lipinski definition) is 2. The van der Waals surface area contributed by atoms with Crippen molar-refractivity contribution in [2.45, 2.75) is 76.4 Å². The Hall–Kier alpha value is -1.72. The van der Waals surface area contributed by atoms with E-state index in [2.05, 4.69) is 10.6 Å². The number of carbonyl (C=O) groups is 1. The predicted octanol–water partition coefficient (Wildman–Crippen LogP) is 6.21. The molecule has 4 rings (SSSR count). The molecule has 1 aromatic carbocycles. The molecule has 0 spiro atoms. The van der Waals surface area contributed by atoms with E-state index in [4.69, 9.17) is 0 Å². The van der Waals surface area contributed by atoms with Crippen molar-refractivity contribution in [3.05, 3.63) is 23.8 Å². The van der Waals surface area contributed by atoms with Crippen molar-refractivity contribution in [3.63, 3.8) is 0 Å². The van der Waals surface area contributed by atoms with Crippen LogP contribution in [0.2, 0.25) is 0 Å². The van der Waals surface area contributed by atoms with E-state index in [-0.39, 0.29) is 17.6 Å². The largest absolute Gasteiger partial charge is 0.416 e. The van der Waals surface area contributed by atoms with E-state index < -0.39 is 11.7 Å². The molecule has 0 heterocycles. The minimum atomic E-state index is -4.42. The van der Waals surface area contributed by atoms with Crippen molar-refractivity contribution in [1.82, 2.24) is 0 Å². The lowest BCUT2D eigenvalue weighted by atomic mass is 9.86. The second-order valence-electron chi connectivity index (χ2n) is 8.92. The predicted molar refractivity (Wildman–Crippen MR) is 104 cm³/mol. The highest BCUT2D eigenvalue weighted by atomic mass is 19.4. The van der Waals surface area contributed by atoms with E-state index >= 15 is 0 Å². The molecule has 0 aliphatic heterocycles. The van der Waals surface area contributed by atoms with Crippen molar-refractivity contribution >= 4 is 17.3 Å². The number of benzene rings is 1. The lowest BCUT2D eigenvalue weighted by Crippen LogP contribution is -2.25. The zero-order valence-corrected chi connectivity index (χ0v) is 16.2. The van der Waals surface area contributed by atoms with Gasteiger partial charge in [-0.25, -0.2) is 0 Å². The zero-order chi connectivity index (χ0) is 19.7. The second kappa shape index (κ2) is 7.96. The van der Waals surface area contributed by atoms with Crippen LogP contribution in [0.3, 0.4) is 0 Å². The standard InChI is InChI=1S/C22H29F3N2O/c23-22(24,25)17-8-9-19(26-18-4-2-1-3-5-18)20(13-17)27-21(28)12-16-11-14-6-7-15(16)10-14/h8-9,13-16,18,26H,1-7,10-12H2,(H,27,28)/t14-,15+,16+/m0/s1. The maximum Gasteiger partial charge on any atom is 0.416 e. The lowest BCUT2D eigenvalue weighted by Gasteiger charge is -2.26. The molecule has 1 amide bonds. The molecule has 0 unspecified atom stereocenters. The molecule has 3 aliphatic rings. The van der Waals surface area contributed by atoms with Gasteiger partial charge >= 0.3 is 6.18 Å². The maximum atomic E-state index is 13.2. The molecule has 0 radical (unpaired) electrons. The Labute approximate surface area is 164 Å². The highest BCUT2D eigenvalue weighted by Crippen LogP contribution is 2.49. The highest BCUT2D eigenvalue weighted by molar-refractivity contribution is 5.94. The van der Waals surface area contributed by atoms with Gasteiger partial charge in [0.05, 0.1) is 16.9 Å². The third kappa shape index (κ3) is 4.47. The third-order valence-electron chi connectivity index (χ3n) is 6.92. The summed E-state index contributed by atoms with van der Waals surface area (Å²) in [6.45, 7) is 0. The normalized spacial score (nSPS) is 27.8. The molecule has 3 saturated carbocycles. The van der Waals surface area contributed by atoms with E-state index in [1.807, 2.05) is 0 Å². The van der Waals surface area contributed by atoms with Gasteiger partial charge in [-0.15, -0.1) is 0 Å². The van der Waals surface area contributed by atoms with Crippen molar-refractivity contribution in [3.8, 4) is 0 Å². The van der Waals surface area contributed by atoms with Gasteiger partial charge < -0.3 is 10.6 Å². The van der Waals surface area contributed by atoms with Crippen LogP contribution >= 0.6 is 0 Å². The third-order valence-corrected chi connectivity index (χ3v) is 6.92. The number of carbonyl (C=O) groups excluding carboxylic acids is 1. The molecule has 6 heteroatoms. The van der Waals surface area contributed by atoms with Crippen LogP contribution in [0.4, 0.5) is 24.5 Å². The minimum Gasteiger partial charge on any atom is -0.381 e. The number of halogens is 3. The van der Waals surface area contributed by atoms with Gasteiger partial charge in [-0.05, 0) is 68.1 Å². The first kappa shape index (κ1) is 19.6. The number of amides is 1. The number of anilines is 2. The molecule has 0 aromatic heterocycles. The van der Waals surface area contributed by atoms with Crippen LogP contribution in [-0.4, -0.2) is 11.9 Å². The number of nitrogens with one attached hydrogen (secondary N) is 2. The van der Waals surface area contributed by atoms with E-state index in [0.717, 1.165) is 50.2 Å². The molecular weight excluding hydrogens is 365 g/mol. The first-order valence-corrected chi connectivity index (χ1v) is 10.7. The number of rotatable bonds is 5. The Balaban J connectivity index is 1.47. The van der Waals surface area contributed by atoms with Crippen LogP contribution in [-0.2, 0) is 11.0 Å². The van der Waals surface area contributed by atoms with E-state index in [1.54, 1.807) is 0 Å². The van der Waals surface area contributed by atoms with Crippen molar-refractivity contribution in [1.29, 1.82) is 0 Å². The quantitative estimate of drug-likeness (QED) is 0.623. The average Bonchev–Trinajstić information content (AvgIpc) is 3.26. The molecule has 2 N–H and O–H groups in total. The lowest BCUT2D eigenvalue weighted by molar-refractivity contribution is -0.137. The molecule has 154 valence electrons. The summed E-state index contributed by atoms with van der Waals surface area (Å²) in [6.07, 6.45) is 6.26. The van der Waals surface area contributed by atoms with Gasteiger partial charge in [-0.1, -0.05) is 25.7 Å². The molecule has 2 bridgehead atoms. The van der Waals surface area contributed by atoms with Gasteiger partial charge in [0.15, 0.2) is 0 Å². The summed E-state index contributed by atoms with van der Waals surface area (Å²) < 4.78 is 39.6. The van der Waals surface area contributed by atoms with Crippen LogP contribution in [0.5, 0.6) is 0 Å². The van der Waals surface area contributed by atoms with Gasteiger partial charge in [-0.3, -0.25) is 4.79 Å². The fourth-order valence-electron chi connectivity index (χ4n) is 5.48. The SMILES string of the molecule is O=C(C[C@H]1C[C@H]2CC[C@@H]1C2)Nc1cc(C(F)(F)F)ccc1NC1CCCCC1. The first-order chi connectivity index (χ1) is 13.4. The summed E-state index contributed by atoms with van der Waals surface area (Å²) >= 11 is 0. The molecule has 1 aromatic rings.